The lowest BCUT2D eigenvalue weighted by molar-refractivity contribution is -0.128. The molecule has 1 heterocycles. The van der Waals surface area contributed by atoms with Crippen molar-refractivity contribution in [2.45, 2.75) is 63.8 Å². The third-order valence-corrected chi connectivity index (χ3v) is 6.13. The third-order valence-electron chi connectivity index (χ3n) is 4.86. The van der Waals surface area contributed by atoms with Crippen LogP contribution in [0.15, 0.2) is 0 Å². The Morgan fingerprint density at radius 3 is 2.33 bits per heavy atom. The van der Waals surface area contributed by atoms with Gasteiger partial charge in [-0.15, -0.1) is 0 Å². The van der Waals surface area contributed by atoms with Crippen LogP contribution in [-0.2, 0) is 14.8 Å². The second-order valence-corrected chi connectivity index (χ2v) is 8.91. The monoisotopic (exact) mass is 316 g/mol. The van der Waals surface area contributed by atoms with Gasteiger partial charge in [-0.1, -0.05) is 25.7 Å². The number of nitrogens with one attached hydrogen (secondary N) is 1. The van der Waals surface area contributed by atoms with Gasteiger partial charge in [-0.25, -0.2) is 12.7 Å². The Morgan fingerprint density at radius 1 is 1.14 bits per heavy atom. The third kappa shape index (κ3) is 4.68. The van der Waals surface area contributed by atoms with Crippen LogP contribution in [-0.4, -0.2) is 43.5 Å². The Morgan fingerprint density at radius 2 is 1.76 bits per heavy atom. The Labute approximate surface area is 128 Å². The standard InChI is InChI=1S/C15H28N2O3S/c1-15(9-5-3-4-6-10-15)16-14(18)13-8-7-11-17(12-13)21(2,19)20/h13H,3-12H2,1-2H3,(H,16,18)/t13-/m1/s1. The van der Waals surface area contributed by atoms with Gasteiger partial charge in [-0.3, -0.25) is 4.79 Å². The summed E-state index contributed by atoms with van der Waals surface area (Å²) < 4.78 is 24.7. The van der Waals surface area contributed by atoms with Crippen molar-refractivity contribution >= 4 is 15.9 Å². The second kappa shape index (κ2) is 6.65. The molecule has 1 saturated carbocycles. The van der Waals surface area contributed by atoms with Crippen molar-refractivity contribution in [3.05, 3.63) is 0 Å². The summed E-state index contributed by atoms with van der Waals surface area (Å²) in [5.41, 5.74) is -0.110. The van der Waals surface area contributed by atoms with Crippen LogP contribution >= 0.6 is 0 Å². The highest BCUT2D eigenvalue weighted by atomic mass is 32.2. The number of piperidine rings is 1. The zero-order valence-corrected chi connectivity index (χ0v) is 14.0. The van der Waals surface area contributed by atoms with Gasteiger partial charge in [-0.05, 0) is 32.6 Å². The Kier molecular flexibility index (Phi) is 5.30. The van der Waals surface area contributed by atoms with Crippen LogP contribution in [0.1, 0.15) is 58.3 Å². The van der Waals surface area contributed by atoms with Gasteiger partial charge in [0.2, 0.25) is 15.9 Å². The summed E-state index contributed by atoms with van der Waals surface area (Å²) in [5, 5.41) is 3.22. The number of hydrogen-bond donors (Lipinski definition) is 1. The van der Waals surface area contributed by atoms with Gasteiger partial charge in [0.1, 0.15) is 0 Å². The van der Waals surface area contributed by atoms with Gasteiger partial charge in [0.05, 0.1) is 12.2 Å². The predicted octanol–water partition coefficient (Wildman–Crippen LogP) is 1.89. The Bertz CT molecular complexity index is 467. The molecule has 1 saturated heterocycles. The van der Waals surface area contributed by atoms with E-state index in [1.807, 2.05) is 0 Å². The number of rotatable bonds is 3. The van der Waals surface area contributed by atoms with Gasteiger partial charge in [0.15, 0.2) is 0 Å². The summed E-state index contributed by atoms with van der Waals surface area (Å²) in [7, 11) is -3.19. The van der Waals surface area contributed by atoms with E-state index in [0.29, 0.717) is 13.1 Å². The van der Waals surface area contributed by atoms with Crippen LogP contribution in [0.5, 0.6) is 0 Å². The van der Waals surface area contributed by atoms with E-state index >= 15 is 0 Å². The number of hydrogen-bond acceptors (Lipinski definition) is 3. The maximum absolute atomic E-state index is 12.5. The minimum Gasteiger partial charge on any atom is -0.351 e. The van der Waals surface area contributed by atoms with Crippen molar-refractivity contribution in [3.8, 4) is 0 Å². The molecule has 2 aliphatic rings. The van der Waals surface area contributed by atoms with E-state index in [2.05, 4.69) is 12.2 Å². The number of sulfonamides is 1. The number of nitrogens with zero attached hydrogens (tertiary/aromatic N) is 1. The number of carbonyl (C=O) groups is 1. The lowest BCUT2D eigenvalue weighted by Gasteiger charge is -2.35. The Balaban J connectivity index is 1.96. The molecule has 1 atom stereocenters. The fraction of sp³-hybridized carbons (Fsp3) is 0.933. The zero-order valence-electron chi connectivity index (χ0n) is 13.2. The SMILES string of the molecule is CC1(NC(=O)[C@@H]2CCCN(S(C)(=O)=O)C2)CCCCCC1. The smallest absolute Gasteiger partial charge is 0.224 e. The van der Waals surface area contributed by atoms with E-state index in [1.165, 1.54) is 23.4 Å². The maximum Gasteiger partial charge on any atom is 0.224 e. The fourth-order valence-electron chi connectivity index (χ4n) is 3.49. The molecule has 122 valence electrons. The van der Waals surface area contributed by atoms with Crippen molar-refractivity contribution in [1.29, 1.82) is 0 Å². The molecule has 1 aliphatic carbocycles. The topological polar surface area (TPSA) is 66.5 Å². The molecule has 0 aromatic heterocycles. The van der Waals surface area contributed by atoms with Crippen LogP contribution < -0.4 is 5.32 Å². The highest BCUT2D eigenvalue weighted by Gasteiger charge is 2.34. The molecule has 0 spiro atoms. The first kappa shape index (κ1) is 16.7. The molecule has 6 heteroatoms. The molecule has 0 aromatic rings. The van der Waals surface area contributed by atoms with E-state index in [9.17, 15) is 13.2 Å². The minimum absolute atomic E-state index is 0.0350. The van der Waals surface area contributed by atoms with Gasteiger partial charge in [-0.2, -0.15) is 0 Å². The first-order valence-electron chi connectivity index (χ1n) is 8.07. The van der Waals surface area contributed by atoms with Crippen molar-refractivity contribution in [1.82, 2.24) is 9.62 Å². The molecule has 5 nitrogen and oxygen atoms in total. The average molecular weight is 316 g/mol. The summed E-state index contributed by atoms with van der Waals surface area (Å²) in [6.45, 7) is 3.01. The summed E-state index contributed by atoms with van der Waals surface area (Å²) >= 11 is 0. The summed E-state index contributed by atoms with van der Waals surface area (Å²) in [6, 6.07) is 0. The van der Waals surface area contributed by atoms with Crippen molar-refractivity contribution < 1.29 is 13.2 Å². The lowest BCUT2D eigenvalue weighted by Crippen LogP contribution is -2.51. The van der Waals surface area contributed by atoms with E-state index in [0.717, 1.165) is 38.5 Å². The average Bonchev–Trinajstić information content (AvgIpc) is 2.63. The van der Waals surface area contributed by atoms with Gasteiger partial charge in [0, 0.05) is 18.6 Å². The largest absolute Gasteiger partial charge is 0.351 e. The maximum atomic E-state index is 12.5. The molecule has 0 unspecified atom stereocenters. The molecule has 1 aliphatic heterocycles. The van der Waals surface area contributed by atoms with Crippen LogP contribution in [0.25, 0.3) is 0 Å². The molecule has 1 amide bonds. The molecule has 0 bridgehead atoms. The molecule has 0 radical (unpaired) electrons. The molecule has 2 rings (SSSR count). The van der Waals surface area contributed by atoms with Gasteiger partial charge >= 0.3 is 0 Å². The normalized spacial score (nSPS) is 27.8. The highest BCUT2D eigenvalue weighted by Crippen LogP contribution is 2.28. The predicted molar refractivity (Wildman–Crippen MR) is 83.4 cm³/mol. The van der Waals surface area contributed by atoms with Crippen molar-refractivity contribution in [2.75, 3.05) is 19.3 Å². The van der Waals surface area contributed by atoms with Crippen molar-refractivity contribution in [3.63, 3.8) is 0 Å². The van der Waals surface area contributed by atoms with E-state index in [4.69, 9.17) is 0 Å². The highest BCUT2D eigenvalue weighted by molar-refractivity contribution is 7.88. The Hall–Kier alpha value is -0.620. The number of amides is 1. The molecule has 1 N–H and O–H groups in total. The second-order valence-electron chi connectivity index (χ2n) is 6.92. The number of carbonyl (C=O) groups excluding carboxylic acids is 1. The zero-order chi connectivity index (χ0) is 15.5. The van der Waals surface area contributed by atoms with Gasteiger partial charge in [0.25, 0.3) is 0 Å². The summed E-state index contributed by atoms with van der Waals surface area (Å²) in [6.07, 6.45) is 9.65. The lowest BCUT2D eigenvalue weighted by atomic mass is 9.90. The first-order chi connectivity index (χ1) is 9.80. The fourth-order valence-corrected chi connectivity index (χ4v) is 4.40. The van der Waals surface area contributed by atoms with Crippen LogP contribution in [0.3, 0.4) is 0 Å². The molecule has 0 aromatic carbocycles. The summed E-state index contributed by atoms with van der Waals surface area (Å²) in [5.74, 6) is -0.165. The summed E-state index contributed by atoms with van der Waals surface area (Å²) in [4.78, 5) is 12.5. The van der Waals surface area contributed by atoms with Gasteiger partial charge < -0.3 is 5.32 Å². The van der Waals surface area contributed by atoms with E-state index in [1.54, 1.807) is 0 Å². The minimum atomic E-state index is -3.19. The molecule has 21 heavy (non-hydrogen) atoms. The quantitative estimate of drug-likeness (QED) is 0.809. The molecular formula is C15H28N2O3S. The van der Waals surface area contributed by atoms with Crippen molar-refractivity contribution in [2.24, 2.45) is 5.92 Å². The first-order valence-corrected chi connectivity index (χ1v) is 9.92. The molecule has 2 fully saturated rings. The van der Waals surface area contributed by atoms with E-state index in [-0.39, 0.29) is 17.4 Å². The van der Waals surface area contributed by atoms with Crippen LogP contribution in [0.4, 0.5) is 0 Å². The molecular weight excluding hydrogens is 288 g/mol. The van der Waals surface area contributed by atoms with Crippen LogP contribution in [0.2, 0.25) is 0 Å². The van der Waals surface area contributed by atoms with Crippen LogP contribution in [0, 0.1) is 5.92 Å². The van der Waals surface area contributed by atoms with E-state index < -0.39 is 10.0 Å².